The van der Waals surface area contributed by atoms with Crippen LogP contribution in [0.25, 0.3) is 0 Å². The molecule has 0 radical (unpaired) electrons. The third-order valence-electron chi connectivity index (χ3n) is 4.46. The first kappa shape index (κ1) is 15.0. The molecule has 0 bridgehead atoms. The number of carbonyl (C=O) groups is 1. The predicted octanol–water partition coefficient (Wildman–Crippen LogP) is 2.41. The first-order valence-corrected chi connectivity index (χ1v) is 9.07. The molecule has 1 aliphatic heterocycles. The van der Waals surface area contributed by atoms with E-state index in [9.17, 15) is 4.79 Å². The number of nitrogens with one attached hydrogen (secondary N) is 1. The van der Waals surface area contributed by atoms with Crippen molar-refractivity contribution >= 4 is 17.2 Å². The molecule has 1 saturated heterocycles. The van der Waals surface area contributed by atoms with Crippen LogP contribution in [-0.2, 0) is 11.2 Å². The molecule has 1 amide bonds. The van der Waals surface area contributed by atoms with Gasteiger partial charge in [-0.25, -0.2) is 4.98 Å². The zero-order valence-corrected chi connectivity index (χ0v) is 13.6. The van der Waals surface area contributed by atoms with Crippen LogP contribution in [0.3, 0.4) is 0 Å². The molecule has 1 N–H and O–H groups in total. The molecule has 1 aliphatic carbocycles. The molecule has 1 atom stereocenters. The fourth-order valence-electron chi connectivity index (χ4n) is 2.89. The van der Waals surface area contributed by atoms with Gasteiger partial charge in [0, 0.05) is 24.4 Å². The number of nitrogens with zero attached hydrogens (tertiary/aromatic N) is 2. The summed E-state index contributed by atoms with van der Waals surface area (Å²) in [6.07, 6.45) is 5.92. The van der Waals surface area contributed by atoms with Crippen molar-refractivity contribution in [2.45, 2.75) is 44.9 Å². The molecule has 2 aliphatic rings. The molecule has 21 heavy (non-hydrogen) atoms. The zero-order chi connectivity index (χ0) is 14.7. The van der Waals surface area contributed by atoms with Gasteiger partial charge in [0.2, 0.25) is 5.91 Å². The molecular formula is C16H25N3OS. The minimum atomic E-state index is 0.257. The molecule has 3 rings (SSSR count). The Morgan fingerprint density at radius 2 is 2.33 bits per heavy atom. The van der Waals surface area contributed by atoms with E-state index < -0.39 is 0 Å². The number of piperidine rings is 1. The highest BCUT2D eigenvalue weighted by Crippen LogP contribution is 2.29. The van der Waals surface area contributed by atoms with Crippen LogP contribution < -0.4 is 5.32 Å². The smallest absolute Gasteiger partial charge is 0.236 e. The van der Waals surface area contributed by atoms with Crippen molar-refractivity contribution in [2.75, 3.05) is 26.2 Å². The van der Waals surface area contributed by atoms with Crippen molar-refractivity contribution < 1.29 is 4.79 Å². The van der Waals surface area contributed by atoms with Crippen molar-refractivity contribution in [3.05, 3.63) is 16.1 Å². The van der Waals surface area contributed by atoms with Crippen LogP contribution in [0, 0.1) is 5.92 Å². The van der Waals surface area contributed by atoms with E-state index in [0.29, 0.717) is 12.5 Å². The minimum Gasteiger partial charge on any atom is -0.341 e. The van der Waals surface area contributed by atoms with Crippen LogP contribution in [0.5, 0.6) is 0 Å². The second-order valence-electron chi connectivity index (χ2n) is 6.28. The first-order valence-electron chi connectivity index (χ1n) is 8.19. The molecule has 4 nitrogen and oxygen atoms in total. The fourth-order valence-corrected chi connectivity index (χ4v) is 3.93. The summed E-state index contributed by atoms with van der Waals surface area (Å²) in [6, 6.07) is 0. The summed E-state index contributed by atoms with van der Waals surface area (Å²) in [5.74, 6) is 1.53. The SMILES string of the molecule is CCc1csc(C2CCCN(C(=O)CNCC3CC3)C2)n1. The molecule has 1 aromatic rings. The van der Waals surface area contributed by atoms with E-state index in [4.69, 9.17) is 4.98 Å². The van der Waals surface area contributed by atoms with Gasteiger partial charge < -0.3 is 10.2 Å². The van der Waals surface area contributed by atoms with E-state index in [2.05, 4.69) is 17.6 Å². The summed E-state index contributed by atoms with van der Waals surface area (Å²) in [7, 11) is 0. The molecule has 1 saturated carbocycles. The van der Waals surface area contributed by atoms with Crippen LogP contribution in [0.1, 0.15) is 49.2 Å². The Morgan fingerprint density at radius 3 is 3.05 bits per heavy atom. The van der Waals surface area contributed by atoms with Crippen LogP contribution in [0.15, 0.2) is 5.38 Å². The van der Waals surface area contributed by atoms with Crippen LogP contribution in [0.2, 0.25) is 0 Å². The van der Waals surface area contributed by atoms with Gasteiger partial charge in [-0.1, -0.05) is 6.92 Å². The number of likely N-dealkylation sites (tertiary alicyclic amines) is 1. The highest BCUT2D eigenvalue weighted by molar-refractivity contribution is 7.09. The molecule has 2 heterocycles. The lowest BCUT2D eigenvalue weighted by Crippen LogP contribution is -2.43. The van der Waals surface area contributed by atoms with E-state index in [1.165, 1.54) is 23.5 Å². The number of hydrogen-bond acceptors (Lipinski definition) is 4. The maximum Gasteiger partial charge on any atom is 0.236 e. The summed E-state index contributed by atoms with van der Waals surface area (Å²) >= 11 is 1.76. The zero-order valence-electron chi connectivity index (χ0n) is 12.8. The second-order valence-corrected chi connectivity index (χ2v) is 7.17. The quantitative estimate of drug-likeness (QED) is 0.878. The van der Waals surface area contributed by atoms with Gasteiger partial charge in [0.1, 0.15) is 0 Å². The largest absolute Gasteiger partial charge is 0.341 e. The van der Waals surface area contributed by atoms with Crippen LogP contribution >= 0.6 is 11.3 Å². The van der Waals surface area contributed by atoms with Gasteiger partial charge in [-0.3, -0.25) is 4.79 Å². The number of hydrogen-bond donors (Lipinski definition) is 1. The van der Waals surface area contributed by atoms with Crippen molar-refractivity contribution in [1.29, 1.82) is 0 Å². The molecule has 5 heteroatoms. The Balaban J connectivity index is 1.50. The van der Waals surface area contributed by atoms with Gasteiger partial charge in [-0.2, -0.15) is 0 Å². The topological polar surface area (TPSA) is 45.2 Å². The summed E-state index contributed by atoms with van der Waals surface area (Å²) < 4.78 is 0. The molecule has 0 aromatic carbocycles. The lowest BCUT2D eigenvalue weighted by Gasteiger charge is -2.32. The molecule has 1 unspecified atom stereocenters. The van der Waals surface area contributed by atoms with Crippen molar-refractivity contribution in [1.82, 2.24) is 15.2 Å². The first-order chi connectivity index (χ1) is 10.3. The van der Waals surface area contributed by atoms with Gasteiger partial charge in [-0.15, -0.1) is 11.3 Å². The summed E-state index contributed by atoms with van der Waals surface area (Å²) in [4.78, 5) is 19.0. The number of rotatable bonds is 6. The maximum absolute atomic E-state index is 12.3. The Hall–Kier alpha value is -0.940. The number of aryl methyl sites for hydroxylation is 1. The van der Waals surface area contributed by atoms with E-state index in [-0.39, 0.29) is 5.91 Å². The third kappa shape index (κ3) is 4.04. The van der Waals surface area contributed by atoms with E-state index in [1.807, 2.05) is 4.90 Å². The predicted molar refractivity (Wildman–Crippen MR) is 85.6 cm³/mol. The lowest BCUT2D eigenvalue weighted by atomic mass is 9.98. The minimum absolute atomic E-state index is 0.257. The van der Waals surface area contributed by atoms with E-state index in [0.717, 1.165) is 44.8 Å². The Kier molecular flexibility index (Phi) is 4.91. The number of aromatic nitrogens is 1. The Bertz CT molecular complexity index is 484. The second kappa shape index (κ2) is 6.88. The van der Waals surface area contributed by atoms with E-state index in [1.54, 1.807) is 11.3 Å². The number of amides is 1. The van der Waals surface area contributed by atoms with Gasteiger partial charge in [0.25, 0.3) is 0 Å². The highest BCUT2D eigenvalue weighted by Gasteiger charge is 2.27. The molecule has 1 aromatic heterocycles. The van der Waals surface area contributed by atoms with Gasteiger partial charge in [0.05, 0.1) is 17.2 Å². The van der Waals surface area contributed by atoms with Crippen molar-refractivity contribution in [2.24, 2.45) is 5.92 Å². The molecule has 0 spiro atoms. The van der Waals surface area contributed by atoms with Crippen LogP contribution in [0.4, 0.5) is 0 Å². The van der Waals surface area contributed by atoms with Gasteiger partial charge >= 0.3 is 0 Å². The normalized spacial score (nSPS) is 22.5. The molecular weight excluding hydrogens is 282 g/mol. The number of thiazole rings is 1. The van der Waals surface area contributed by atoms with E-state index >= 15 is 0 Å². The van der Waals surface area contributed by atoms with Crippen molar-refractivity contribution in [3.8, 4) is 0 Å². The van der Waals surface area contributed by atoms with Gasteiger partial charge in [0.15, 0.2) is 0 Å². The monoisotopic (exact) mass is 307 g/mol. The third-order valence-corrected chi connectivity index (χ3v) is 5.52. The maximum atomic E-state index is 12.3. The Morgan fingerprint density at radius 1 is 1.48 bits per heavy atom. The average Bonchev–Trinajstić information content (AvgIpc) is 3.21. The lowest BCUT2D eigenvalue weighted by molar-refractivity contribution is -0.131. The summed E-state index contributed by atoms with van der Waals surface area (Å²) in [6.45, 7) is 5.41. The standard InChI is InChI=1S/C16H25N3OS/c1-2-14-11-21-16(18-14)13-4-3-7-19(10-13)15(20)9-17-8-12-5-6-12/h11-13,17H,2-10H2,1H3. The molecule has 116 valence electrons. The summed E-state index contributed by atoms with van der Waals surface area (Å²) in [5, 5.41) is 6.69. The van der Waals surface area contributed by atoms with Gasteiger partial charge in [-0.05, 0) is 44.6 Å². The Labute approximate surface area is 130 Å². The van der Waals surface area contributed by atoms with Crippen LogP contribution in [-0.4, -0.2) is 42.0 Å². The average molecular weight is 307 g/mol. The summed E-state index contributed by atoms with van der Waals surface area (Å²) in [5.41, 5.74) is 1.18. The molecule has 2 fully saturated rings. The highest BCUT2D eigenvalue weighted by atomic mass is 32.1. The van der Waals surface area contributed by atoms with Crippen molar-refractivity contribution in [3.63, 3.8) is 0 Å². The fraction of sp³-hybridized carbons (Fsp3) is 0.750. The number of carbonyl (C=O) groups excluding carboxylic acids is 1.